The van der Waals surface area contributed by atoms with E-state index in [9.17, 15) is 4.79 Å². The predicted molar refractivity (Wildman–Crippen MR) is 95.3 cm³/mol. The van der Waals surface area contributed by atoms with E-state index in [1.54, 1.807) is 4.57 Å². The van der Waals surface area contributed by atoms with Gasteiger partial charge in [0.1, 0.15) is 0 Å². The molecule has 1 aliphatic rings. The third kappa shape index (κ3) is 3.02. The van der Waals surface area contributed by atoms with Crippen molar-refractivity contribution in [1.82, 2.24) is 9.47 Å². The van der Waals surface area contributed by atoms with Gasteiger partial charge in [0.25, 0.3) is 0 Å². The molecule has 3 aromatic rings. The number of para-hydroxylation sites is 2. The van der Waals surface area contributed by atoms with Gasteiger partial charge in [-0.2, -0.15) is 0 Å². The van der Waals surface area contributed by atoms with Crippen molar-refractivity contribution >= 4 is 11.1 Å². The summed E-state index contributed by atoms with van der Waals surface area (Å²) < 4.78 is 7.05. The van der Waals surface area contributed by atoms with Gasteiger partial charge in [0.15, 0.2) is 5.58 Å². The van der Waals surface area contributed by atoms with Gasteiger partial charge in [-0.05, 0) is 49.5 Å². The van der Waals surface area contributed by atoms with E-state index in [4.69, 9.17) is 4.42 Å². The Kier molecular flexibility index (Phi) is 4.22. The van der Waals surface area contributed by atoms with Crippen LogP contribution in [0.5, 0.6) is 0 Å². The zero-order chi connectivity index (χ0) is 16.4. The minimum Gasteiger partial charge on any atom is -0.408 e. The summed E-state index contributed by atoms with van der Waals surface area (Å²) in [5.41, 5.74) is 3.01. The van der Waals surface area contributed by atoms with Crippen molar-refractivity contribution in [2.45, 2.75) is 25.3 Å². The largest absolute Gasteiger partial charge is 0.419 e. The summed E-state index contributed by atoms with van der Waals surface area (Å²) in [5, 5.41) is 0. The first-order valence-electron chi connectivity index (χ1n) is 8.67. The standard InChI is InChI=1S/C20H22N2O2/c23-20-22(18-8-4-5-9-19(18)24-20)15-14-21-12-10-17(11-13-21)16-6-2-1-3-7-16/h1-9,17H,10-15H2. The summed E-state index contributed by atoms with van der Waals surface area (Å²) in [6.45, 7) is 3.75. The van der Waals surface area contributed by atoms with Crippen LogP contribution in [-0.4, -0.2) is 29.1 Å². The van der Waals surface area contributed by atoms with Crippen LogP contribution in [0, 0.1) is 0 Å². The molecule has 2 heterocycles. The number of rotatable bonds is 4. The lowest BCUT2D eigenvalue weighted by Crippen LogP contribution is -2.36. The van der Waals surface area contributed by atoms with Crippen molar-refractivity contribution in [2.24, 2.45) is 0 Å². The maximum Gasteiger partial charge on any atom is 0.419 e. The topological polar surface area (TPSA) is 38.4 Å². The van der Waals surface area contributed by atoms with Crippen molar-refractivity contribution in [3.05, 3.63) is 70.7 Å². The lowest BCUT2D eigenvalue weighted by atomic mass is 9.89. The van der Waals surface area contributed by atoms with Crippen LogP contribution in [0.25, 0.3) is 11.1 Å². The summed E-state index contributed by atoms with van der Waals surface area (Å²) in [6, 6.07) is 18.4. The molecule has 124 valence electrons. The van der Waals surface area contributed by atoms with Crippen molar-refractivity contribution in [1.29, 1.82) is 0 Å². The fraction of sp³-hybridized carbons (Fsp3) is 0.350. The van der Waals surface area contributed by atoms with Crippen LogP contribution >= 0.6 is 0 Å². The molecule has 0 radical (unpaired) electrons. The van der Waals surface area contributed by atoms with E-state index in [0.29, 0.717) is 18.0 Å². The summed E-state index contributed by atoms with van der Waals surface area (Å²) in [7, 11) is 0. The molecule has 1 aliphatic heterocycles. The van der Waals surface area contributed by atoms with Crippen molar-refractivity contribution in [3.8, 4) is 0 Å². The molecule has 1 saturated heterocycles. The molecule has 0 N–H and O–H groups in total. The Balaban J connectivity index is 1.37. The first-order valence-corrected chi connectivity index (χ1v) is 8.67. The maximum atomic E-state index is 12.0. The average Bonchev–Trinajstić information content (AvgIpc) is 2.96. The van der Waals surface area contributed by atoms with Gasteiger partial charge in [-0.15, -0.1) is 0 Å². The van der Waals surface area contributed by atoms with Crippen molar-refractivity contribution in [2.75, 3.05) is 19.6 Å². The van der Waals surface area contributed by atoms with E-state index < -0.39 is 0 Å². The minimum absolute atomic E-state index is 0.254. The van der Waals surface area contributed by atoms with E-state index in [0.717, 1.165) is 25.2 Å². The molecule has 1 fully saturated rings. The van der Waals surface area contributed by atoms with E-state index in [1.807, 2.05) is 24.3 Å². The minimum atomic E-state index is -0.254. The maximum absolute atomic E-state index is 12.0. The van der Waals surface area contributed by atoms with E-state index >= 15 is 0 Å². The molecular formula is C20H22N2O2. The van der Waals surface area contributed by atoms with E-state index in [1.165, 1.54) is 18.4 Å². The van der Waals surface area contributed by atoms with Crippen LogP contribution in [0.3, 0.4) is 0 Å². The monoisotopic (exact) mass is 322 g/mol. The highest BCUT2D eigenvalue weighted by molar-refractivity contribution is 5.72. The molecule has 2 aromatic carbocycles. The third-order valence-corrected chi connectivity index (χ3v) is 5.07. The predicted octanol–water partition coefficient (Wildman–Crippen LogP) is 3.47. The van der Waals surface area contributed by atoms with E-state index in [-0.39, 0.29) is 5.76 Å². The second-order valence-corrected chi connectivity index (χ2v) is 6.51. The summed E-state index contributed by atoms with van der Waals surface area (Å²) >= 11 is 0. The molecule has 4 rings (SSSR count). The third-order valence-electron chi connectivity index (χ3n) is 5.07. The summed E-state index contributed by atoms with van der Waals surface area (Å²) in [5.74, 6) is 0.412. The van der Waals surface area contributed by atoms with Gasteiger partial charge in [0.2, 0.25) is 0 Å². The molecule has 0 bridgehead atoms. The summed E-state index contributed by atoms with van der Waals surface area (Å²) in [4.78, 5) is 14.5. The fourth-order valence-electron chi connectivity index (χ4n) is 3.68. The van der Waals surface area contributed by atoms with Gasteiger partial charge in [-0.25, -0.2) is 4.79 Å². The molecule has 1 aromatic heterocycles. The molecule has 0 atom stereocenters. The number of likely N-dealkylation sites (tertiary alicyclic amines) is 1. The number of fused-ring (bicyclic) bond motifs is 1. The van der Waals surface area contributed by atoms with Crippen LogP contribution in [-0.2, 0) is 6.54 Å². The van der Waals surface area contributed by atoms with Gasteiger partial charge in [-0.1, -0.05) is 42.5 Å². The molecule has 0 unspecified atom stereocenters. The van der Waals surface area contributed by atoms with Gasteiger partial charge < -0.3 is 9.32 Å². The first kappa shape index (κ1) is 15.2. The number of hydrogen-bond acceptors (Lipinski definition) is 3. The number of piperidine rings is 1. The first-order chi connectivity index (χ1) is 11.8. The average molecular weight is 322 g/mol. The van der Waals surface area contributed by atoms with E-state index in [2.05, 4.69) is 35.2 Å². The Morgan fingerprint density at radius 1 is 0.917 bits per heavy atom. The van der Waals surface area contributed by atoms with Gasteiger partial charge >= 0.3 is 5.76 Å². The molecule has 4 nitrogen and oxygen atoms in total. The van der Waals surface area contributed by atoms with Crippen molar-refractivity contribution in [3.63, 3.8) is 0 Å². The molecule has 0 aliphatic carbocycles. The number of oxazole rings is 1. The Hall–Kier alpha value is -2.33. The summed E-state index contributed by atoms with van der Waals surface area (Å²) in [6.07, 6.45) is 2.37. The second-order valence-electron chi connectivity index (χ2n) is 6.51. The van der Waals surface area contributed by atoms with Crippen LogP contribution in [0.1, 0.15) is 24.3 Å². The number of aromatic nitrogens is 1. The lowest BCUT2D eigenvalue weighted by molar-refractivity contribution is 0.204. The Morgan fingerprint density at radius 2 is 1.62 bits per heavy atom. The quantitative estimate of drug-likeness (QED) is 0.738. The Morgan fingerprint density at radius 3 is 2.42 bits per heavy atom. The van der Waals surface area contributed by atoms with Gasteiger partial charge in [0, 0.05) is 13.1 Å². The zero-order valence-electron chi connectivity index (χ0n) is 13.7. The number of hydrogen-bond donors (Lipinski definition) is 0. The smallest absolute Gasteiger partial charge is 0.408 e. The molecule has 4 heteroatoms. The molecular weight excluding hydrogens is 300 g/mol. The van der Waals surface area contributed by atoms with Gasteiger partial charge in [-0.3, -0.25) is 4.57 Å². The lowest BCUT2D eigenvalue weighted by Gasteiger charge is -2.32. The SMILES string of the molecule is O=c1oc2ccccc2n1CCN1CCC(c2ccccc2)CC1. The number of benzene rings is 2. The Bertz CT molecular complexity index is 858. The highest BCUT2D eigenvalue weighted by atomic mass is 16.4. The normalized spacial score (nSPS) is 16.7. The fourth-order valence-corrected chi connectivity index (χ4v) is 3.68. The highest BCUT2D eigenvalue weighted by Crippen LogP contribution is 2.27. The van der Waals surface area contributed by atoms with Crippen LogP contribution in [0.2, 0.25) is 0 Å². The zero-order valence-corrected chi connectivity index (χ0v) is 13.7. The molecule has 0 spiro atoms. The van der Waals surface area contributed by atoms with Crippen LogP contribution < -0.4 is 5.76 Å². The molecule has 0 saturated carbocycles. The van der Waals surface area contributed by atoms with Crippen LogP contribution in [0.15, 0.2) is 63.8 Å². The molecule has 0 amide bonds. The molecule has 24 heavy (non-hydrogen) atoms. The van der Waals surface area contributed by atoms with Crippen molar-refractivity contribution < 1.29 is 4.42 Å². The van der Waals surface area contributed by atoms with Gasteiger partial charge in [0.05, 0.1) is 5.52 Å². The number of nitrogens with zero attached hydrogens (tertiary/aromatic N) is 2. The van der Waals surface area contributed by atoms with Crippen LogP contribution in [0.4, 0.5) is 0 Å². The highest BCUT2D eigenvalue weighted by Gasteiger charge is 2.20. The second kappa shape index (κ2) is 6.65. The Labute approximate surface area is 141 Å².